The van der Waals surface area contributed by atoms with E-state index in [1.807, 2.05) is 13.3 Å². The molecule has 0 aromatic heterocycles. The van der Waals surface area contributed by atoms with Gasteiger partial charge in [0.05, 0.1) is 31.6 Å². The fourth-order valence-corrected chi connectivity index (χ4v) is 6.34. The van der Waals surface area contributed by atoms with E-state index in [0.29, 0.717) is 30.6 Å². The van der Waals surface area contributed by atoms with Crippen LogP contribution in [0.2, 0.25) is 0 Å². The summed E-state index contributed by atoms with van der Waals surface area (Å²) in [7, 11) is 3.57. The van der Waals surface area contributed by atoms with Crippen molar-refractivity contribution < 1.29 is 30.7 Å². The van der Waals surface area contributed by atoms with Gasteiger partial charge in [-0.2, -0.15) is 0 Å². The number of rotatable bonds is 19. The number of ether oxygens (including phenoxy) is 2. The summed E-state index contributed by atoms with van der Waals surface area (Å²) < 4.78 is 11.5. The maximum Gasteiger partial charge on any atom is 0.290 e. The minimum absolute atomic E-state index is 0.0343. The molecule has 7 heteroatoms. The number of nitrogens with one attached hydrogen (secondary N) is 1. The lowest BCUT2D eigenvalue weighted by molar-refractivity contribution is -0.707. The molecule has 6 atom stereocenters. The third-order valence-electron chi connectivity index (χ3n) is 6.70. The summed E-state index contributed by atoms with van der Waals surface area (Å²) in [4.78, 5) is 9.92. The zero-order chi connectivity index (χ0) is 26.3. The van der Waals surface area contributed by atoms with Crippen LogP contribution in [0.3, 0.4) is 0 Å². The molecule has 0 bridgehead atoms. The molecule has 0 aliphatic rings. The average molecular weight is 596 g/mol. The number of hydrogen-bond acceptors (Lipinski definition) is 6. The SMILES string of the molecule is CCC(C[C@H](C)[C@@H](CC)N=CCN)N(CC(C)(NC(C)C)[I+]C)C(/C=C(\C)OC)CC(C)OC. The van der Waals surface area contributed by atoms with E-state index < -0.39 is 0 Å². The summed E-state index contributed by atoms with van der Waals surface area (Å²) >= 11 is -0.0343. The molecule has 0 aliphatic carbocycles. The molecule has 6 nitrogen and oxygen atoms in total. The van der Waals surface area contributed by atoms with Gasteiger partial charge in [-0.05, 0) is 65.4 Å². The third-order valence-corrected chi connectivity index (χ3v) is 9.73. The molecule has 0 radical (unpaired) electrons. The highest BCUT2D eigenvalue weighted by atomic mass is 127. The number of methoxy groups -OCH3 is 2. The fourth-order valence-electron chi connectivity index (χ4n) is 4.67. The monoisotopic (exact) mass is 595 g/mol. The Morgan fingerprint density at radius 3 is 2.24 bits per heavy atom. The molecule has 202 valence electrons. The van der Waals surface area contributed by atoms with Crippen LogP contribution < -0.4 is 32.3 Å². The Morgan fingerprint density at radius 2 is 1.79 bits per heavy atom. The maximum atomic E-state index is 5.72. The van der Waals surface area contributed by atoms with Crippen LogP contribution in [0.1, 0.15) is 81.1 Å². The summed E-state index contributed by atoms with van der Waals surface area (Å²) in [6.07, 6.45) is 8.52. The van der Waals surface area contributed by atoms with Crippen molar-refractivity contribution in [3.8, 4) is 0 Å². The van der Waals surface area contributed by atoms with Crippen LogP contribution in [-0.2, 0) is 9.47 Å². The van der Waals surface area contributed by atoms with Gasteiger partial charge in [0, 0.05) is 44.9 Å². The zero-order valence-electron chi connectivity index (χ0n) is 24.0. The second-order valence-corrected chi connectivity index (χ2v) is 13.5. The largest absolute Gasteiger partial charge is 0.502 e. The molecule has 0 fully saturated rings. The normalized spacial score (nSPS) is 19.3. The van der Waals surface area contributed by atoms with Gasteiger partial charge in [-0.1, -0.05) is 20.8 Å². The predicted octanol–water partition coefficient (Wildman–Crippen LogP) is 1.68. The first-order chi connectivity index (χ1) is 16.0. The molecule has 0 rings (SSSR count). The third kappa shape index (κ3) is 12.7. The summed E-state index contributed by atoms with van der Waals surface area (Å²) in [6, 6.07) is 1.44. The van der Waals surface area contributed by atoms with Crippen LogP contribution in [0, 0.1) is 5.92 Å². The quantitative estimate of drug-likeness (QED) is 0.0782. The van der Waals surface area contributed by atoms with E-state index in [1.54, 1.807) is 7.11 Å². The minimum Gasteiger partial charge on any atom is -0.502 e. The Morgan fingerprint density at radius 1 is 1.15 bits per heavy atom. The first kappa shape index (κ1) is 33.8. The molecule has 0 spiro atoms. The van der Waals surface area contributed by atoms with Crippen molar-refractivity contribution in [2.45, 2.75) is 115 Å². The van der Waals surface area contributed by atoms with Crippen molar-refractivity contribution in [2.24, 2.45) is 16.6 Å². The van der Waals surface area contributed by atoms with Crippen LogP contribution in [0.25, 0.3) is 0 Å². The van der Waals surface area contributed by atoms with E-state index >= 15 is 0 Å². The average Bonchev–Trinajstić information content (AvgIpc) is 2.80. The smallest absolute Gasteiger partial charge is 0.290 e. The lowest BCUT2D eigenvalue weighted by Crippen LogP contribution is -3.68. The van der Waals surface area contributed by atoms with E-state index in [-0.39, 0.29) is 36.9 Å². The van der Waals surface area contributed by atoms with Gasteiger partial charge in [-0.25, -0.2) is 0 Å². The molecular weight excluding hydrogens is 539 g/mol. The number of nitrogens with two attached hydrogens (primary N) is 1. The maximum absolute atomic E-state index is 5.72. The topological polar surface area (TPSA) is 72.1 Å². The van der Waals surface area contributed by atoms with Crippen LogP contribution in [0.5, 0.6) is 0 Å². The van der Waals surface area contributed by atoms with E-state index in [4.69, 9.17) is 20.2 Å². The fraction of sp³-hybridized carbons (Fsp3) is 0.889. The van der Waals surface area contributed by atoms with Crippen LogP contribution in [0.4, 0.5) is 0 Å². The number of hydrogen-bond donors (Lipinski definition) is 2. The lowest BCUT2D eigenvalue weighted by Gasteiger charge is -2.42. The van der Waals surface area contributed by atoms with E-state index in [2.05, 4.69) is 76.6 Å². The Bertz CT molecular complexity index is 587. The molecule has 0 aliphatic heterocycles. The van der Waals surface area contributed by atoms with Crippen molar-refractivity contribution in [1.29, 1.82) is 0 Å². The molecule has 4 unspecified atom stereocenters. The number of nitrogens with zero attached hydrogens (tertiary/aromatic N) is 2. The van der Waals surface area contributed by atoms with E-state index in [1.165, 1.54) is 0 Å². The standard InChI is InChI=1S/C27H56IN4O2/c1-12-24(16-21(5)26(13-2)30-15-14-29)32(19-27(8,28-9)31-20(3)4)25(17-22(6)33-10)18-23(7)34-11/h15,17,20-21,23-26,31H,12-14,16,18-19,29H2,1-11H3/q+1/b22-17+,30-15?/t21-,23?,24?,25?,26+,27?/m0/s1. The molecular formula is C27H56IN4O2+. The predicted molar refractivity (Wildman–Crippen MR) is 144 cm³/mol. The van der Waals surface area contributed by atoms with Crippen molar-refractivity contribution in [1.82, 2.24) is 10.2 Å². The number of halogens is 1. The molecule has 3 N–H and O–H groups in total. The highest BCUT2D eigenvalue weighted by Crippen LogP contribution is 2.26. The van der Waals surface area contributed by atoms with Gasteiger partial charge in [-0.3, -0.25) is 15.2 Å². The summed E-state index contributed by atoms with van der Waals surface area (Å²) in [6.45, 7) is 19.6. The van der Waals surface area contributed by atoms with Gasteiger partial charge in [-0.15, -0.1) is 0 Å². The van der Waals surface area contributed by atoms with Crippen LogP contribution >= 0.6 is 0 Å². The van der Waals surface area contributed by atoms with E-state index in [9.17, 15) is 0 Å². The van der Waals surface area contributed by atoms with Crippen molar-refractivity contribution in [3.63, 3.8) is 0 Å². The molecule has 0 amide bonds. The molecule has 34 heavy (non-hydrogen) atoms. The molecule has 0 aromatic carbocycles. The Kier molecular flexibility index (Phi) is 18.0. The van der Waals surface area contributed by atoms with Crippen molar-refractivity contribution in [2.75, 3.05) is 32.2 Å². The number of aliphatic imine (C=N–C) groups is 1. The Balaban J connectivity index is 6.30. The molecule has 0 heterocycles. The Hall–Kier alpha value is -0.220. The summed E-state index contributed by atoms with van der Waals surface area (Å²) in [5.74, 6) is 1.44. The first-order valence-electron chi connectivity index (χ1n) is 13.0. The first-order valence-corrected chi connectivity index (χ1v) is 16.2. The number of allylic oxidation sites excluding steroid dienone is 1. The summed E-state index contributed by atoms with van der Waals surface area (Å²) in [5, 5.41) is 3.91. The highest BCUT2D eigenvalue weighted by Gasteiger charge is 2.42. The molecule has 0 saturated heterocycles. The van der Waals surface area contributed by atoms with Crippen LogP contribution in [0.15, 0.2) is 16.8 Å². The van der Waals surface area contributed by atoms with Gasteiger partial charge >= 0.3 is 0 Å². The second kappa shape index (κ2) is 18.1. The van der Waals surface area contributed by atoms with Gasteiger partial charge in [0.25, 0.3) is 21.2 Å². The van der Waals surface area contributed by atoms with Gasteiger partial charge in [0.2, 0.25) is 3.55 Å². The van der Waals surface area contributed by atoms with E-state index in [0.717, 1.165) is 38.0 Å². The van der Waals surface area contributed by atoms with Gasteiger partial charge in [0.15, 0.2) is 0 Å². The van der Waals surface area contributed by atoms with Crippen LogP contribution in [-0.4, -0.2) is 77.2 Å². The van der Waals surface area contributed by atoms with Crippen molar-refractivity contribution >= 4 is 6.21 Å². The highest BCUT2D eigenvalue weighted by molar-refractivity contribution is 5.59. The zero-order valence-corrected chi connectivity index (χ0v) is 26.2. The number of alkyl halides is 2. The summed E-state index contributed by atoms with van der Waals surface area (Å²) in [5.41, 5.74) is 5.70. The molecule has 0 saturated carbocycles. The Labute approximate surface area is 222 Å². The van der Waals surface area contributed by atoms with Crippen molar-refractivity contribution in [3.05, 3.63) is 11.8 Å². The molecule has 0 aromatic rings. The van der Waals surface area contributed by atoms with Gasteiger partial charge in [0.1, 0.15) is 4.93 Å². The minimum atomic E-state index is -0.0343. The second-order valence-electron chi connectivity index (χ2n) is 10.0. The lowest BCUT2D eigenvalue weighted by atomic mass is 9.89. The van der Waals surface area contributed by atoms with Gasteiger partial charge < -0.3 is 15.2 Å².